The lowest BCUT2D eigenvalue weighted by Gasteiger charge is -2.14. The summed E-state index contributed by atoms with van der Waals surface area (Å²) >= 11 is 0. The fourth-order valence-corrected chi connectivity index (χ4v) is 2.94. The summed E-state index contributed by atoms with van der Waals surface area (Å²) < 4.78 is 46.5. The Morgan fingerprint density at radius 2 is 1.90 bits per heavy atom. The minimum Gasteiger partial charge on any atom is -0.480 e. The predicted octanol–water partition coefficient (Wildman–Crippen LogP) is 3.61. The van der Waals surface area contributed by atoms with Crippen molar-refractivity contribution < 1.29 is 22.7 Å². The summed E-state index contributed by atoms with van der Waals surface area (Å²) in [6.45, 7) is 2.21. The lowest BCUT2D eigenvalue weighted by Crippen LogP contribution is -2.28. The third kappa shape index (κ3) is 4.76. The molecule has 158 valence electrons. The van der Waals surface area contributed by atoms with E-state index in [0.717, 1.165) is 11.8 Å². The van der Waals surface area contributed by atoms with E-state index in [4.69, 9.17) is 4.74 Å². The molecule has 3 rings (SSSR count). The normalized spacial score (nSPS) is 12.4. The number of carbonyl (C=O) groups is 1. The van der Waals surface area contributed by atoms with Crippen LogP contribution in [0.5, 0.6) is 5.88 Å². The highest BCUT2D eigenvalue weighted by molar-refractivity contribution is 5.95. The zero-order valence-electron chi connectivity index (χ0n) is 16.3. The molecular formula is C20H20F3N5O2. The van der Waals surface area contributed by atoms with Crippen LogP contribution in [0.2, 0.25) is 0 Å². The second-order valence-corrected chi connectivity index (χ2v) is 6.61. The van der Waals surface area contributed by atoms with E-state index in [2.05, 4.69) is 20.6 Å². The fourth-order valence-electron chi connectivity index (χ4n) is 2.94. The van der Waals surface area contributed by atoms with E-state index >= 15 is 0 Å². The molecule has 0 aliphatic rings. The quantitative estimate of drug-likeness (QED) is 0.633. The minimum atomic E-state index is -4.82. The zero-order chi connectivity index (χ0) is 21.7. The first-order valence-corrected chi connectivity index (χ1v) is 9.17. The van der Waals surface area contributed by atoms with Crippen molar-refractivity contribution in [1.29, 1.82) is 0 Å². The number of aromatic nitrogens is 4. The number of methoxy groups -OCH3 is 1. The number of nitrogens with zero attached hydrogens (tertiary/aromatic N) is 4. The number of nitrogens with one attached hydrogen (secondary N) is 1. The number of hydrogen-bond acceptors (Lipinski definition) is 5. The number of alkyl halides is 3. The van der Waals surface area contributed by atoms with Crippen molar-refractivity contribution in [2.45, 2.75) is 25.4 Å². The van der Waals surface area contributed by atoms with E-state index < -0.39 is 23.3 Å². The van der Waals surface area contributed by atoms with Gasteiger partial charge in [0.05, 0.1) is 18.9 Å². The smallest absolute Gasteiger partial charge is 0.434 e. The average Bonchev–Trinajstić information content (AvgIpc) is 3.20. The van der Waals surface area contributed by atoms with Crippen molar-refractivity contribution in [2.75, 3.05) is 13.7 Å². The Labute approximate surface area is 170 Å². The topological polar surface area (TPSA) is 81.9 Å². The number of rotatable bonds is 7. The largest absolute Gasteiger partial charge is 0.480 e. The van der Waals surface area contributed by atoms with Gasteiger partial charge in [0.2, 0.25) is 5.88 Å². The maximum Gasteiger partial charge on any atom is 0.434 e. The van der Waals surface area contributed by atoms with Gasteiger partial charge in [-0.25, -0.2) is 4.68 Å². The number of halogens is 3. The predicted molar refractivity (Wildman–Crippen MR) is 103 cm³/mol. The Hall–Kier alpha value is -3.43. The molecule has 0 bridgehead atoms. The lowest BCUT2D eigenvalue weighted by atomic mass is 9.98. The third-order valence-corrected chi connectivity index (χ3v) is 4.57. The van der Waals surface area contributed by atoms with Gasteiger partial charge in [0.1, 0.15) is 0 Å². The van der Waals surface area contributed by atoms with Crippen LogP contribution in [0.4, 0.5) is 13.2 Å². The molecule has 0 aliphatic carbocycles. The number of carbonyl (C=O) groups excluding carboxylic acids is 1. The summed E-state index contributed by atoms with van der Waals surface area (Å²) in [7, 11) is 1.36. The van der Waals surface area contributed by atoms with E-state index in [1.165, 1.54) is 19.2 Å². The first-order valence-electron chi connectivity index (χ1n) is 9.17. The lowest BCUT2D eigenvalue weighted by molar-refractivity contribution is -0.143. The second-order valence-electron chi connectivity index (χ2n) is 6.61. The van der Waals surface area contributed by atoms with Gasteiger partial charge >= 0.3 is 6.18 Å². The molecule has 1 aromatic carbocycles. The van der Waals surface area contributed by atoms with Crippen molar-refractivity contribution in [3.05, 3.63) is 65.5 Å². The molecule has 3 aromatic rings. The fraction of sp³-hybridized carbons (Fsp3) is 0.300. The number of amides is 1. The standard InChI is InChI=1S/C20H20F3N5O2/c1-13(14-6-4-3-5-7-14)10-11-24-19(29)15-12-25-28(18(15)20(21,22)23)16-8-9-17(30-2)27-26-16/h3-9,12-13H,10-11H2,1-2H3,(H,24,29). The maximum atomic E-state index is 13.7. The number of hydrogen-bond donors (Lipinski definition) is 1. The molecular weight excluding hydrogens is 399 g/mol. The zero-order valence-corrected chi connectivity index (χ0v) is 16.3. The van der Waals surface area contributed by atoms with Gasteiger partial charge in [0.25, 0.3) is 5.91 Å². The minimum absolute atomic E-state index is 0.143. The van der Waals surface area contributed by atoms with Crippen LogP contribution < -0.4 is 10.1 Å². The van der Waals surface area contributed by atoms with Crippen LogP contribution in [0.15, 0.2) is 48.7 Å². The van der Waals surface area contributed by atoms with Crippen molar-refractivity contribution in [3.63, 3.8) is 0 Å². The van der Waals surface area contributed by atoms with Crippen LogP contribution in [0.25, 0.3) is 5.82 Å². The van der Waals surface area contributed by atoms with Crippen LogP contribution in [0, 0.1) is 0 Å². The van der Waals surface area contributed by atoms with E-state index in [1.807, 2.05) is 37.3 Å². The van der Waals surface area contributed by atoms with Crippen molar-refractivity contribution in [2.24, 2.45) is 0 Å². The monoisotopic (exact) mass is 419 g/mol. The molecule has 2 heterocycles. The molecule has 2 aromatic heterocycles. The Morgan fingerprint density at radius 3 is 2.50 bits per heavy atom. The van der Waals surface area contributed by atoms with Crippen LogP contribution in [-0.2, 0) is 6.18 Å². The van der Waals surface area contributed by atoms with E-state index in [-0.39, 0.29) is 24.2 Å². The summed E-state index contributed by atoms with van der Waals surface area (Å²) in [6.07, 6.45) is -3.36. The second kappa shape index (κ2) is 8.93. The number of benzene rings is 1. The Balaban J connectivity index is 1.76. The average molecular weight is 419 g/mol. The molecule has 1 unspecified atom stereocenters. The summed E-state index contributed by atoms with van der Waals surface area (Å²) in [4.78, 5) is 12.5. The Morgan fingerprint density at radius 1 is 1.17 bits per heavy atom. The molecule has 30 heavy (non-hydrogen) atoms. The van der Waals surface area contributed by atoms with Gasteiger partial charge in [-0.3, -0.25) is 4.79 Å². The van der Waals surface area contributed by atoms with Gasteiger partial charge in [-0.05, 0) is 24.0 Å². The van der Waals surface area contributed by atoms with Gasteiger partial charge in [-0.15, -0.1) is 10.2 Å². The molecule has 1 N–H and O–H groups in total. The van der Waals surface area contributed by atoms with E-state index in [0.29, 0.717) is 11.1 Å². The first-order chi connectivity index (χ1) is 14.3. The highest BCUT2D eigenvalue weighted by Gasteiger charge is 2.41. The third-order valence-electron chi connectivity index (χ3n) is 4.57. The summed E-state index contributed by atoms with van der Waals surface area (Å²) in [6, 6.07) is 12.3. The highest BCUT2D eigenvalue weighted by Crippen LogP contribution is 2.33. The molecule has 1 amide bonds. The molecule has 0 saturated carbocycles. The van der Waals surface area contributed by atoms with Crippen LogP contribution in [-0.4, -0.2) is 39.5 Å². The van der Waals surface area contributed by atoms with Crippen molar-refractivity contribution >= 4 is 5.91 Å². The molecule has 0 fully saturated rings. The molecule has 0 aliphatic heterocycles. The SMILES string of the molecule is COc1ccc(-n2ncc(C(=O)NCCC(C)c3ccccc3)c2C(F)(F)F)nn1. The van der Waals surface area contributed by atoms with Crippen LogP contribution >= 0.6 is 0 Å². The van der Waals surface area contributed by atoms with Gasteiger partial charge in [0.15, 0.2) is 11.5 Å². The summed E-state index contributed by atoms with van der Waals surface area (Å²) in [5, 5.41) is 13.6. The Kier molecular flexibility index (Phi) is 6.34. The van der Waals surface area contributed by atoms with Gasteiger partial charge < -0.3 is 10.1 Å². The molecule has 1 atom stereocenters. The van der Waals surface area contributed by atoms with Gasteiger partial charge in [-0.2, -0.15) is 18.3 Å². The Bertz CT molecular complexity index is 988. The number of ether oxygens (including phenoxy) is 1. The van der Waals surface area contributed by atoms with E-state index in [1.54, 1.807) is 0 Å². The van der Waals surface area contributed by atoms with Crippen molar-refractivity contribution in [3.8, 4) is 11.7 Å². The van der Waals surface area contributed by atoms with Crippen LogP contribution in [0.1, 0.15) is 40.9 Å². The van der Waals surface area contributed by atoms with Gasteiger partial charge in [0, 0.05) is 12.6 Å². The molecule has 0 saturated heterocycles. The summed E-state index contributed by atoms with van der Waals surface area (Å²) in [5.41, 5.74) is -0.698. The maximum absolute atomic E-state index is 13.7. The van der Waals surface area contributed by atoms with Crippen molar-refractivity contribution in [1.82, 2.24) is 25.3 Å². The highest BCUT2D eigenvalue weighted by atomic mass is 19.4. The summed E-state index contributed by atoms with van der Waals surface area (Å²) in [5.74, 6) is -0.744. The molecule has 7 nitrogen and oxygen atoms in total. The van der Waals surface area contributed by atoms with E-state index in [9.17, 15) is 18.0 Å². The van der Waals surface area contributed by atoms with Gasteiger partial charge in [-0.1, -0.05) is 37.3 Å². The molecule has 10 heteroatoms. The molecule has 0 radical (unpaired) electrons. The molecule has 0 spiro atoms. The first kappa shape index (κ1) is 21.3. The van der Waals surface area contributed by atoms with Crippen LogP contribution in [0.3, 0.4) is 0 Å².